The second kappa shape index (κ2) is 20.8. The third kappa shape index (κ3) is 13.9. The summed E-state index contributed by atoms with van der Waals surface area (Å²) in [6.07, 6.45) is 15.5. The van der Waals surface area contributed by atoms with Gasteiger partial charge in [-0.3, -0.25) is 38.6 Å². The van der Waals surface area contributed by atoms with Crippen molar-refractivity contribution in [3.05, 3.63) is 0 Å². The van der Waals surface area contributed by atoms with Crippen molar-refractivity contribution in [1.29, 1.82) is 0 Å². The molecule has 12 heteroatoms. The predicted octanol–water partition coefficient (Wildman–Crippen LogP) is 6.51. The zero-order chi connectivity index (χ0) is 30.7. The maximum atomic E-state index is 12.6. The average Bonchev–Trinajstić information content (AvgIpc) is 3.45. The Labute approximate surface area is 257 Å². The summed E-state index contributed by atoms with van der Waals surface area (Å²) in [6.45, 7) is 0. The van der Waals surface area contributed by atoms with Crippen LogP contribution < -0.4 is 0 Å². The average molecular weight is 629 g/mol. The highest BCUT2D eigenvalue weighted by atomic mass is 33.1. The van der Waals surface area contributed by atoms with Crippen molar-refractivity contribution >= 4 is 57.2 Å². The molecule has 0 aromatic carbocycles. The Hall–Kier alpha value is -2.08. The van der Waals surface area contributed by atoms with Crippen LogP contribution in [0.2, 0.25) is 0 Å². The predicted molar refractivity (Wildman–Crippen MR) is 163 cm³/mol. The number of carboxylic acids is 2. The van der Waals surface area contributed by atoms with E-state index in [1.165, 1.54) is 31.4 Å². The minimum absolute atomic E-state index is 0.162. The molecule has 0 aliphatic carbocycles. The van der Waals surface area contributed by atoms with Gasteiger partial charge >= 0.3 is 11.9 Å². The van der Waals surface area contributed by atoms with Gasteiger partial charge in [-0.15, -0.1) is 0 Å². The van der Waals surface area contributed by atoms with Crippen molar-refractivity contribution in [3.63, 3.8) is 0 Å². The van der Waals surface area contributed by atoms with Crippen LogP contribution in [0.4, 0.5) is 0 Å². The Bertz CT molecular complexity index is 812. The first-order chi connectivity index (χ1) is 20.2. The molecule has 2 aliphatic heterocycles. The molecule has 4 amide bonds. The molecule has 2 fully saturated rings. The monoisotopic (exact) mass is 628 g/mol. The standard InChI is InChI=1S/C30H48N2O8S2/c33-23-19-20-24(34)31(23)27(15-11-7-3-1-5-9-13-17-29(37)38)41-42-28(32-25(35)21-22-26(32)36)16-12-8-4-2-6-10-14-18-30(39)40/h27-28H,1-22H2,(H,37,38)(H,39,40). The van der Waals surface area contributed by atoms with Gasteiger partial charge in [0.05, 0.1) is 10.7 Å². The topological polar surface area (TPSA) is 149 Å². The summed E-state index contributed by atoms with van der Waals surface area (Å²) in [5.74, 6) is -2.17. The van der Waals surface area contributed by atoms with E-state index < -0.39 is 11.9 Å². The Morgan fingerprint density at radius 2 is 0.762 bits per heavy atom. The maximum absolute atomic E-state index is 12.6. The Morgan fingerprint density at radius 3 is 1.05 bits per heavy atom. The van der Waals surface area contributed by atoms with Crippen molar-refractivity contribution < 1.29 is 39.0 Å². The third-order valence-corrected chi connectivity index (χ3v) is 10.8. The van der Waals surface area contributed by atoms with Gasteiger partial charge in [0.2, 0.25) is 23.6 Å². The lowest BCUT2D eigenvalue weighted by atomic mass is 10.1. The van der Waals surface area contributed by atoms with Gasteiger partial charge in [-0.1, -0.05) is 98.6 Å². The van der Waals surface area contributed by atoms with Crippen molar-refractivity contribution in [2.75, 3.05) is 0 Å². The Morgan fingerprint density at radius 1 is 0.500 bits per heavy atom. The fourth-order valence-corrected chi connectivity index (χ4v) is 8.64. The van der Waals surface area contributed by atoms with Crippen LogP contribution in [0, 0.1) is 0 Å². The smallest absolute Gasteiger partial charge is 0.303 e. The molecule has 2 saturated heterocycles. The highest BCUT2D eigenvalue weighted by Gasteiger charge is 2.38. The first-order valence-corrected chi connectivity index (χ1v) is 17.9. The molecule has 10 nitrogen and oxygen atoms in total. The summed E-state index contributed by atoms with van der Waals surface area (Å²) in [4.78, 5) is 74.3. The molecule has 2 atom stereocenters. The molecule has 0 saturated carbocycles. The minimum Gasteiger partial charge on any atom is -0.481 e. The van der Waals surface area contributed by atoms with Crippen LogP contribution in [0.15, 0.2) is 0 Å². The highest BCUT2D eigenvalue weighted by Crippen LogP contribution is 2.41. The number of likely N-dealkylation sites (tertiary alicyclic amines) is 2. The van der Waals surface area contributed by atoms with Crippen molar-refractivity contribution in [1.82, 2.24) is 9.80 Å². The Kier molecular flexibility index (Phi) is 17.9. The van der Waals surface area contributed by atoms with Crippen molar-refractivity contribution in [3.8, 4) is 0 Å². The molecule has 42 heavy (non-hydrogen) atoms. The molecule has 2 rings (SSSR count). The summed E-state index contributed by atoms with van der Waals surface area (Å²) < 4.78 is 0. The molecular weight excluding hydrogens is 580 g/mol. The molecule has 0 aromatic heterocycles. The lowest BCUT2D eigenvalue weighted by molar-refractivity contribution is -0.140. The number of hydrogen-bond acceptors (Lipinski definition) is 8. The molecule has 0 bridgehead atoms. The van der Waals surface area contributed by atoms with E-state index in [1.54, 1.807) is 0 Å². The lowest BCUT2D eigenvalue weighted by Gasteiger charge is -2.30. The normalized spacial score (nSPS) is 17.0. The highest BCUT2D eigenvalue weighted by molar-refractivity contribution is 8.77. The van der Waals surface area contributed by atoms with Crippen LogP contribution in [0.25, 0.3) is 0 Å². The quantitative estimate of drug-likeness (QED) is 0.0651. The van der Waals surface area contributed by atoms with Crippen LogP contribution >= 0.6 is 21.6 Å². The number of unbranched alkanes of at least 4 members (excludes halogenated alkanes) is 12. The molecule has 2 unspecified atom stereocenters. The van der Waals surface area contributed by atoms with Gasteiger partial charge in [0.1, 0.15) is 0 Å². The van der Waals surface area contributed by atoms with Crippen LogP contribution in [0.5, 0.6) is 0 Å². The number of imide groups is 2. The van der Waals surface area contributed by atoms with E-state index in [9.17, 15) is 28.8 Å². The molecular formula is C30H48N2O8S2. The number of rotatable bonds is 25. The maximum Gasteiger partial charge on any atom is 0.303 e. The summed E-state index contributed by atoms with van der Waals surface area (Å²) >= 11 is 0. The van der Waals surface area contributed by atoms with Crippen molar-refractivity contribution in [2.45, 2.75) is 152 Å². The number of aliphatic carboxylic acids is 2. The first-order valence-electron chi connectivity index (χ1n) is 15.7. The largest absolute Gasteiger partial charge is 0.481 e. The summed E-state index contributed by atoms with van der Waals surface area (Å²) in [5.41, 5.74) is 0. The van der Waals surface area contributed by atoms with Crippen LogP contribution in [0.1, 0.15) is 141 Å². The van der Waals surface area contributed by atoms with Gasteiger partial charge in [-0.2, -0.15) is 0 Å². The summed E-state index contributed by atoms with van der Waals surface area (Å²) in [5, 5.41) is 16.8. The first kappa shape index (κ1) is 36.1. The molecule has 238 valence electrons. The number of carbonyl (C=O) groups excluding carboxylic acids is 4. The zero-order valence-electron chi connectivity index (χ0n) is 24.8. The van der Waals surface area contributed by atoms with Gasteiger partial charge in [-0.05, 0) is 25.7 Å². The SMILES string of the molecule is O=C(O)CCCCCCCCCC(SSC(CCCCCCCCCC(=O)O)N1C(=O)CCC1=O)N1C(=O)CCC1=O. The van der Waals surface area contributed by atoms with Crippen molar-refractivity contribution in [2.24, 2.45) is 0 Å². The van der Waals surface area contributed by atoms with E-state index in [4.69, 9.17) is 10.2 Å². The number of carbonyl (C=O) groups is 6. The van der Waals surface area contributed by atoms with E-state index in [1.807, 2.05) is 0 Å². The van der Waals surface area contributed by atoms with E-state index in [0.29, 0.717) is 25.7 Å². The summed E-state index contributed by atoms with van der Waals surface area (Å²) in [7, 11) is 2.87. The minimum atomic E-state index is -0.759. The van der Waals surface area contributed by atoms with Gasteiger partial charge < -0.3 is 10.2 Å². The van der Waals surface area contributed by atoms with Crippen LogP contribution in [-0.4, -0.2) is 66.3 Å². The molecule has 2 heterocycles. The van der Waals surface area contributed by atoms with E-state index >= 15 is 0 Å². The molecule has 0 radical (unpaired) electrons. The van der Waals surface area contributed by atoms with Gasteiger partial charge in [0.25, 0.3) is 0 Å². The van der Waals surface area contributed by atoms with Crippen LogP contribution in [0.3, 0.4) is 0 Å². The van der Waals surface area contributed by atoms with E-state index in [2.05, 4.69) is 0 Å². The fraction of sp³-hybridized carbons (Fsp3) is 0.800. The number of amides is 4. The third-order valence-electron chi connectivity index (χ3n) is 7.72. The molecule has 2 N–H and O–H groups in total. The Balaban J connectivity index is 1.84. The van der Waals surface area contributed by atoms with E-state index in [0.717, 1.165) is 77.0 Å². The number of hydrogen-bond donors (Lipinski definition) is 2. The van der Waals surface area contributed by atoms with Gasteiger partial charge in [0.15, 0.2) is 0 Å². The molecule has 0 spiro atoms. The number of nitrogens with zero attached hydrogens (tertiary/aromatic N) is 2. The number of carboxylic acid groups (broad SMARTS) is 2. The summed E-state index contributed by atoms with van der Waals surface area (Å²) in [6, 6.07) is 0. The zero-order valence-corrected chi connectivity index (χ0v) is 26.4. The van der Waals surface area contributed by atoms with E-state index in [-0.39, 0.29) is 72.9 Å². The second-order valence-corrected chi connectivity index (χ2v) is 13.9. The lowest BCUT2D eigenvalue weighted by Crippen LogP contribution is -2.39. The fourth-order valence-electron chi connectivity index (χ4n) is 5.36. The van der Waals surface area contributed by atoms with Gasteiger partial charge in [-0.25, -0.2) is 0 Å². The van der Waals surface area contributed by atoms with Gasteiger partial charge in [0, 0.05) is 38.5 Å². The second-order valence-electron chi connectivity index (χ2n) is 11.2. The molecule has 2 aliphatic rings. The van der Waals surface area contributed by atoms with Crippen LogP contribution in [-0.2, 0) is 28.8 Å². The molecule has 0 aromatic rings.